The summed E-state index contributed by atoms with van der Waals surface area (Å²) in [6.07, 6.45) is -2.68. The van der Waals surface area contributed by atoms with Crippen molar-refractivity contribution < 1.29 is 23.1 Å². The molecule has 5 nitrogen and oxygen atoms in total. The van der Waals surface area contributed by atoms with Crippen molar-refractivity contribution in [3.05, 3.63) is 81.0 Å². The maximum Gasteiger partial charge on any atom is 0.403 e. The average Bonchev–Trinajstić information content (AvgIpc) is 3.73. The largest absolute Gasteiger partial charge is 0.493 e. The lowest BCUT2D eigenvalue weighted by atomic mass is 10.0. The first-order valence-corrected chi connectivity index (χ1v) is 12.0. The highest BCUT2D eigenvalue weighted by Gasteiger charge is 2.68. The minimum absolute atomic E-state index is 0.118. The molecule has 0 bridgehead atoms. The molecule has 0 aromatic heterocycles. The molecule has 186 valence electrons. The van der Waals surface area contributed by atoms with E-state index in [4.69, 9.17) is 11.6 Å². The molecule has 2 saturated carbocycles. The van der Waals surface area contributed by atoms with Crippen LogP contribution in [0.5, 0.6) is 0 Å². The highest BCUT2D eigenvalue weighted by molar-refractivity contribution is 6.34. The quantitative estimate of drug-likeness (QED) is 0.434. The van der Waals surface area contributed by atoms with E-state index in [9.17, 15) is 23.1 Å². The van der Waals surface area contributed by atoms with Crippen LogP contribution in [0.25, 0.3) is 5.70 Å². The Morgan fingerprint density at radius 1 is 1.19 bits per heavy atom. The molecule has 2 aromatic carbocycles. The van der Waals surface area contributed by atoms with Gasteiger partial charge in [-0.1, -0.05) is 41.6 Å². The van der Waals surface area contributed by atoms with Gasteiger partial charge in [0.15, 0.2) is 5.84 Å². The summed E-state index contributed by atoms with van der Waals surface area (Å²) in [4.78, 5) is 21.1. The van der Waals surface area contributed by atoms with Gasteiger partial charge in [0.05, 0.1) is 10.6 Å². The third-order valence-electron chi connectivity index (χ3n) is 6.73. The van der Waals surface area contributed by atoms with Crippen LogP contribution < -0.4 is 5.32 Å². The van der Waals surface area contributed by atoms with Crippen molar-refractivity contribution >= 4 is 34.9 Å². The first kappa shape index (κ1) is 24.3. The number of benzene rings is 2. The highest BCUT2D eigenvalue weighted by atomic mass is 35.5. The van der Waals surface area contributed by atoms with E-state index in [2.05, 4.69) is 33.2 Å². The van der Waals surface area contributed by atoms with Crippen molar-refractivity contribution in [3.63, 3.8) is 0 Å². The number of aliphatic hydroxyl groups excluding tert-OH is 1. The van der Waals surface area contributed by atoms with Gasteiger partial charge in [-0.3, -0.25) is 4.79 Å². The lowest BCUT2D eigenvalue weighted by molar-refractivity contribution is -0.192. The number of carbonyl (C=O) groups excluding carboxylic acids is 1. The number of alkyl halides is 3. The molecule has 5 rings (SSSR count). The number of nitrogens with one attached hydrogen (secondary N) is 1. The Hall–Kier alpha value is -3.35. The molecule has 1 heterocycles. The molecule has 0 radical (unpaired) electrons. The average molecular weight is 514 g/mol. The number of aliphatic hydroxyl groups is 1. The number of hydrogen-bond acceptors (Lipinski definition) is 3. The standard InChI is InChI=1S/C27H23ClF3N3O2/c1-15-11-22(19-4-2-3-18(13-19)17-6-7-17)33-23(34-24(15)35)20-12-16(5-8-21(20)28)14-32-25(36)26(9-10-26)27(29,30)31/h2-5,8,12-13,17H,6-7,9-10,14H2,1H3,(H,32,36)(H,33,34,35). The second kappa shape index (κ2) is 8.95. The van der Waals surface area contributed by atoms with Crippen LogP contribution in [0.1, 0.15) is 60.8 Å². The maximum absolute atomic E-state index is 13.2. The van der Waals surface area contributed by atoms with Crippen LogP contribution in [0.2, 0.25) is 5.02 Å². The zero-order chi connectivity index (χ0) is 25.7. The second-order valence-electron chi connectivity index (χ2n) is 9.45. The smallest absolute Gasteiger partial charge is 0.403 e. The molecule has 9 heteroatoms. The van der Waals surface area contributed by atoms with Gasteiger partial charge >= 0.3 is 6.18 Å². The van der Waals surface area contributed by atoms with Crippen LogP contribution >= 0.6 is 11.6 Å². The zero-order valence-corrected chi connectivity index (χ0v) is 20.2. The van der Waals surface area contributed by atoms with E-state index in [1.54, 1.807) is 25.1 Å². The number of nitrogens with zero attached hydrogens (tertiary/aromatic N) is 2. The summed E-state index contributed by atoms with van der Waals surface area (Å²) >= 11 is 6.44. The number of hydrogen-bond donors (Lipinski definition) is 2. The first-order valence-electron chi connectivity index (χ1n) is 11.7. The molecular weight excluding hydrogens is 491 g/mol. The van der Waals surface area contributed by atoms with E-state index in [0.717, 1.165) is 18.4 Å². The molecule has 2 aliphatic carbocycles. The van der Waals surface area contributed by atoms with Gasteiger partial charge in [-0.15, -0.1) is 0 Å². The van der Waals surface area contributed by atoms with Gasteiger partial charge in [-0.05, 0) is 67.9 Å². The summed E-state index contributed by atoms with van der Waals surface area (Å²) in [5.41, 5.74) is 4.63. The fourth-order valence-corrected chi connectivity index (χ4v) is 4.36. The Morgan fingerprint density at radius 2 is 1.94 bits per heavy atom. The molecule has 2 aromatic rings. The molecule has 1 amide bonds. The van der Waals surface area contributed by atoms with E-state index in [0.29, 0.717) is 33.3 Å². The molecule has 0 atom stereocenters. The lowest BCUT2D eigenvalue weighted by Gasteiger charge is -2.18. The molecule has 2 fully saturated rings. The van der Waals surface area contributed by atoms with Gasteiger partial charge in [-0.25, -0.2) is 4.99 Å². The van der Waals surface area contributed by atoms with E-state index >= 15 is 0 Å². The van der Waals surface area contributed by atoms with Crippen LogP contribution in [0, 0.1) is 5.41 Å². The third-order valence-corrected chi connectivity index (χ3v) is 7.06. The van der Waals surface area contributed by atoms with E-state index in [1.807, 2.05) is 12.1 Å². The maximum atomic E-state index is 13.2. The molecular formula is C27H23ClF3N3O2. The highest BCUT2D eigenvalue weighted by Crippen LogP contribution is 2.57. The summed E-state index contributed by atoms with van der Waals surface area (Å²) in [7, 11) is 0. The van der Waals surface area contributed by atoms with Crippen molar-refractivity contribution in [2.45, 2.75) is 51.2 Å². The van der Waals surface area contributed by atoms with Crippen molar-refractivity contribution in [2.75, 3.05) is 0 Å². The van der Waals surface area contributed by atoms with Gasteiger partial charge in [-0.2, -0.15) is 18.2 Å². The Bertz CT molecular complexity index is 1380. The van der Waals surface area contributed by atoms with Gasteiger partial charge in [0, 0.05) is 17.7 Å². The molecule has 0 unspecified atom stereocenters. The van der Waals surface area contributed by atoms with Crippen molar-refractivity contribution in [3.8, 4) is 0 Å². The van der Waals surface area contributed by atoms with Crippen LogP contribution in [-0.2, 0) is 11.3 Å². The number of amidine groups is 1. The Balaban J connectivity index is 1.44. The number of carbonyl (C=O) groups is 1. The Labute approximate surface area is 211 Å². The number of rotatable bonds is 6. The van der Waals surface area contributed by atoms with Gasteiger partial charge < -0.3 is 10.4 Å². The molecule has 2 N–H and O–H groups in total. The van der Waals surface area contributed by atoms with E-state index < -0.39 is 17.5 Å². The first-order chi connectivity index (χ1) is 17.1. The van der Waals surface area contributed by atoms with Crippen LogP contribution in [0.4, 0.5) is 13.2 Å². The fourth-order valence-electron chi connectivity index (χ4n) is 4.16. The molecule has 0 saturated heterocycles. The van der Waals surface area contributed by atoms with Crippen LogP contribution in [0.15, 0.2) is 63.8 Å². The second-order valence-corrected chi connectivity index (χ2v) is 9.85. The van der Waals surface area contributed by atoms with Crippen molar-refractivity contribution in [1.29, 1.82) is 0 Å². The number of halogens is 4. The van der Waals surface area contributed by atoms with Crippen molar-refractivity contribution in [2.24, 2.45) is 15.4 Å². The predicted octanol–water partition coefficient (Wildman–Crippen LogP) is 6.48. The molecule has 0 spiro atoms. The Kier molecular flexibility index (Phi) is 6.05. The summed E-state index contributed by atoms with van der Waals surface area (Å²) in [5, 5.41) is 13.2. The normalized spacial score (nSPS) is 18.9. The summed E-state index contributed by atoms with van der Waals surface area (Å²) in [6, 6.07) is 12.8. The zero-order valence-electron chi connectivity index (χ0n) is 19.4. The summed E-state index contributed by atoms with van der Waals surface area (Å²) in [6.45, 7) is 1.55. The third kappa shape index (κ3) is 4.71. The van der Waals surface area contributed by atoms with Crippen LogP contribution in [-0.4, -0.2) is 28.9 Å². The van der Waals surface area contributed by atoms with Crippen LogP contribution in [0.3, 0.4) is 0 Å². The molecule has 3 aliphatic rings. The Morgan fingerprint density at radius 3 is 2.61 bits per heavy atom. The lowest BCUT2D eigenvalue weighted by Crippen LogP contribution is -2.40. The van der Waals surface area contributed by atoms with Gasteiger partial charge in [0.1, 0.15) is 11.1 Å². The van der Waals surface area contributed by atoms with E-state index in [1.165, 1.54) is 5.56 Å². The van der Waals surface area contributed by atoms with Gasteiger partial charge in [0.25, 0.3) is 0 Å². The van der Waals surface area contributed by atoms with Crippen molar-refractivity contribution in [1.82, 2.24) is 5.32 Å². The molecule has 1 aliphatic heterocycles. The SMILES string of the molecule is CC1=C=C(c2cccc(C3CC3)c2)N=C(c2cc(CNC(=O)C3(C(F)(F)F)CC3)ccc2Cl)N=C1O. The van der Waals surface area contributed by atoms with E-state index in [-0.39, 0.29) is 31.1 Å². The minimum atomic E-state index is -4.58. The fraction of sp³-hybridized carbons (Fsp3) is 0.333. The predicted molar refractivity (Wildman–Crippen MR) is 132 cm³/mol. The number of amides is 1. The minimum Gasteiger partial charge on any atom is -0.493 e. The number of aliphatic imine (C=N–C) groups is 2. The van der Waals surface area contributed by atoms with Gasteiger partial charge in [0.2, 0.25) is 11.8 Å². The topological polar surface area (TPSA) is 74.0 Å². The summed E-state index contributed by atoms with van der Waals surface area (Å²) < 4.78 is 39.7. The monoisotopic (exact) mass is 513 g/mol. The summed E-state index contributed by atoms with van der Waals surface area (Å²) in [5.74, 6) is -0.619. The molecule has 36 heavy (non-hydrogen) atoms.